The van der Waals surface area contributed by atoms with E-state index in [1.807, 2.05) is 6.07 Å². The third kappa shape index (κ3) is 2.71. The molecule has 0 radical (unpaired) electrons. The number of aliphatic hydroxyl groups is 1. The van der Waals surface area contributed by atoms with Gasteiger partial charge < -0.3 is 14.6 Å². The molecule has 3 aromatic rings. The summed E-state index contributed by atoms with van der Waals surface area (Å²) in [6.45, 7) is 0. The minimum absolute atomic E-state index is 0.0912. The lowest BCUT2D eigenvalue weighted by molar-refractivity contribution is -0.162. The van der Waals surface area contributed by atoms with Gasteiger partial charge in [-0.2, -0.15) is 0 Å². The molecule has 2 aliphatic rings. The van der Waals surface area contributed by atoms with Crippen molar-refractivity contribution in [2.24, 2.45) is 5.92 Å². The summed E-state index contributed by atoms with van der Waals surface area (Å²) in [4.78, 5) is 31.3. The topological polar surface area (TPSA) is 85.7 Å². The van der Waals surface area contributed by atoms with Gasteiger partial charge in [0.1, 0.15) is 16.8 Å². The van der Waals surface area contributed by atoms with E-state index in [9.17, 15) is 14.7 Å². The summed E-state index contributed by atoms with van der Waals surface area (Å²) < 4.78 is 12.3. The van der Waals surface area contributed by atoms with E-state index in [2.05, 4.69) is 20.9 Å². The maximum Gasteiger partial charge on any atom is 0.313 e. The molecule has 2 bridgehead atoms. The summed E-state index contributed by atoms with van der Waals surface area (Å²) in [5.74, 6) is -3.31. The molecular formula is C24H17BrClNO5. The van der Waals surface area contributed by atoms with Crippen molar-refractivity contribution >= 4 is 39.3 Å². The predicted molar refractivity (Wildman–Crippen MR) is 119 cm³/mol. The van der Waals surface area contributed by atoms with Gasteiger partial charge in [-0.25, -0.2) is 4.98 Å². The maximum absolute atomic E-state index is 14.1. The van der Waals surface area contributed by atoms with Crippen molar-refractivity contribution < 1.29 is 24.2 Å². The molecule has 2 heterocycles. The largest absolute Gasteiger partial charge is 0.473 e. The zero-order valence-electron chi connectivity index (χ0n) is 16.8. The first-order valence-electron chi connectivity index (χ1n) is 9.85. The van der Waals surface area contributed by atoms with E-state index in [0.29, 0.717) is 11.1 Å². The molecule has 0 saturated heterocycles. The fraction of sp³-hybridized carbons (Fsp3) is 0.208. The van der Waals surface area contributed by atoms with Gasteiger partial charge in [-0.05, 0) is 17.7 Å². The maximum atomic E-state index is 14.1. The fourth-order valence-electron chi connectivity index (χ4n) is 4.99. The third-order valence-electron chi connectivity index (χ3n) is 6.31. The zero-order chi connectivity index (χ0) is 22.7. The number of aromatic nitrogens is 1. The molecule has 2 aromatic carbocycles. The number of carbonyl (C=O) groups is 2. The number of halogens is 2. The Kier molecular flexibility index (Phi) is 4.89. The van der Waals surface area contributed by atoms with Gasteiger partial charge in [0.2, 0.25) is 11.4 Å². The van der Waals surface area contributed by atoms with Crippen LogP contribution in [0.1, 0.15) is 22.6 Å². The second kappa shape index (κ2) is 7.40. The molecule has 32 heavy (non-hydrogen) atoms. The van der Waals surface area contributed by atoms with Gasteiger partial charge in [-0.1, -0.05) is 70.0 Å². The second-order valence-electron chi connectivity index (χ2n) is 7.83. The van der Waals surface area contributed by atoms with Crippen molar-refractivity contribution in [2.45, 2.75) is 17.1 Å². The number of Topliss-reactive ketones (excluding diaryl/α,β-unsaturated/α-hetero) is 1. The number of methoxy groups -OCH3 is 1. The monoisotopic (exact) mass is 513 g/mol. The highest BCUT2D eigenvalue weighted by atomic mass is 79.9. The van der Waals surface area contributed by atoms with E-state index in [4.69, 9.17) is 21.1 Å². The molecule has 1 aliphatic heterocycles. The normalized spacial score (nSPS) is 28.1. The Balaban J connectivity index is 1.89. The van der Waals surface area contributed by atoms with Crippen LogP contribution in [0.4, 0.5) is 0 Å². The van der Waals surface area contributed by atoms with Crippen molar-refractivity contribution in [2.75, 3.05) is 7.11 Å². The van der Waals surface area contributed by atoms with Crippen LogP contribution >= 0.6 is 27.5 Å². The van der Waals surface area contributed by atoms with Crippen LogP contribution in [0.15, 0.2) is 71.3 Å². The SMILES string of the molecule is COC(=O)[C@H]1[C@@H](c2ccccc2)[C@@]2(c3ccc(Br)cc3)Oc3cc(Cl)ncc3[C@@]1(O)C2=O. The van der Waals surface area contributed by atoms with Crippen LogP contribution in [-0.2, 0) is 25.5 Å². The summed E-state index contributed by atoms with van der Waals surface area (Å²) in [5, 5.41) is 12.1. The number of pyridine rings is 1. The van der Waals surface area contributed by atoms with Gasteiger partial charge >= 0.3 is 5.97 Å². The van der Waals surface area contributed by atoms with Crippen LogP contribution in [0.25, 0.3) is 0 Å². The van der Waals surface area contributed by atoms with Crippen LogP contribution in [-0.4, -0.2) is 29.0 Å². The molecule has 0 unspecified atom stereocenters. The lowest BCUT2D eigenvalue weighted by atomic mass is 9.75. The van der Waals surface area contributed by atoms with Crippen molar-refractivity contribution in [1.29, 1.82) is 0 Å². The highest BCUT2D eigenvalue weighted by molar-refractivity contribution is 9.10. The molecule has 4 atom stereocenters. The lowest BCUT2D eigenvalue weighted by Crippen LogP contribution is -2.51. The number of hydrogen-bond acceptors (Lipinski definition) is 6. The minimum Gasteiger partial charge on any atom is -0.473 e. The lowest BCUT2D eigenvalue weighted by Gasteiger charge is -2.39. The van der Waals surface area contributed by atoms with Crippen molar-refractivity contribution in [1.82, 2.24) is 4.98 Å². The average Bonchev–Trinajstić information content (AvgIpc) is 2.93. The van der Waals surface area contributed by atoms with Crippen molar-refractivity contribution in [3.8, 4) is 5.75 Å². The van der Waals surface area contributed by atoms with Crippen LogP contribution < -0.4 is 4.74 Å². The molecule has 0 spiro atoms. The van der Waals surface area contributed by atoms with E-state index in [0.717, 1.165) is 4.47 Å². The Morgan fingerprint density at radius 1 is 1.19 bits per heavy atom. The molecule has 1 saturated carbocycles. The van der Waals surface area contributed by atoms with Gasteiger partial charge in [-0.3, -0.25) is 9.59 Å². The number of benzene rings is 2. The number of hydrogen-bond donors (Lipinski definition) is 1. The van der Waals surface area contributed by atoms with E-state index in [1.165, 1.54) is 19.4 Å². The summed E-state index contributed by atoms with van der Waals surface area (Å²) in [7, 11) is 1.23. The van der Waals surface area contributed by atoms with Crippen LogP contribution in [0.3, 0.4) is 0 Å². The number of fused-ring (bicyclic) bond motifs is 4. The summed E-state index contributed by atoms with van der Waals surface area (Å²) in [6.07, 6.45) is 1.28. The first-order chi connectivity index (χ1) is 15.3. The molecule has 1 N–H and O–H groups in total. The van der Waals surface area contributed by atoms with Crippen LogP contribution in [0.5, 0.6) is 5.75 Å². The van der Waals surface area contributed by atoms with Gasteiger partial charge in [0.25, 0.3) is 0 Å². The van der Waals surface area contributed by atoms with Crippen LogP contribution in [0, 0.1) is 5.92 Å². The Bertz CT molecular complexity index is 1230. The van der Waals surface area contributed by atoms with Crippen molar-refractivity contribution in [3.63, 3.8) is 0 Å². The standard InChI is InChI=1S/C24H17BrClNO5/c1-31-21(28)20-19(13-5-3-2-4-6-13)24(14-7-9-15(25)10-8-14)22(29)23(20,30)16-12-27-18(26)11-17(16)32-24/h2-12,19-20,30H,1H3/t19-,20-,23+,24-/m1/s1. The Labute approximate surface area is 197 Å². The van der Waals surface area contributed by atoms with Gasteiger partial charge in [0, 0.05) is 22.3 Å². The molecule has 6 nitrogen and oxygen atoms in total. The predicted octanol–water partition coefficient (Wildman–Crippen LogP) is 4.13. The molecule has 1 aliphatic carbocycles. The number of ether oxygens (including phenoxy) is 2. The number of ketones is 1. The first-order valence-corrected chi connectivity index (χ1v) is 11.0. The number of rotatable bonds is 3. The molecule has 162 valence electrons. The van der Waals surface area contributed by atoms with E-state index >= 15 is 0 Å². The summed E-state index contributed by atoms with van der Waals surface area (Å²) >= 11 is 9.52. The molecule has 1 aromatic heterocycles. The highest BCUT2D eigenvalue weighted by Crippen LogP contribution is 2.64. The van der Waals surface area contributed by atoms with E-state index < -0.39 is 34.8 Å². The first kappa shape index (κ1) is 21.1. The Hall–Kier alpha value is -2.74. The Morgan fingerprint density at radius 3 is 2.53 bits per heavy atom. The molecule has 1 fully saturated rings. The van der Waals surface area contributed by atoms with E-state index in [1.54, 1.807) is 48.5 Å². The molecular weight excluding hydrogens is 498 g/mol. The Morgan fingerprint density at radius 2 is 1.88 bits per heavy atom. The van der Waals surface area contributed by atoms with Gasteiger partial charge in [-0.15, -0.1) is 0 Å². The molecule has 0 amide bonds. The van der Waals surface area contributed by atoms with Gasteiger partial charge in [0.15, 0.2) is 5.60 Å². The average molecular weight is 515 g/mol. The number of carbonyl (C=O) groups excluding carboxylic acids is 2. The van der Waals surface area contributed by atoms with Crippen LogP contribution in [0.2, 0.25) is 5.15 Å². The zero-order valence-corrected chi connectivity index (χ0v) is 19.1. The highest BCUT2D eigenvalue weighted by Gasteiger charge is 2.76. The number of esters is 1. The van der Waals surface area contributed by atoms with E-state index in [-0.39, 0.29) is 16.5 Å². The minimum atomic E-state index is -2.22. The van der Waals surface area contributed by atoms with Crippen molar-refractivity contribution in [3.05, 3.63) is 93.2 Å². The fourth-order valence-corrected chi connectivity index (χ4v) is 5.40. The third-order valence-corrected chi connectivity index (χ3v) is 7.04. The second-order valence-corrected chi connectivity index (χ2v) is 9.14. The molecule has 5 rings (SSSR count). The summed E-state index contributed by atoms with van der Waals surface area (Å²) in [6, 6.07) is 17.5. The quantitative estimate of drug-likeness (QED) is 0.418. The number of nitrogens with zero attached hydrogens (tertiary/aromatic N) is 1. The van der Waals surface area contributed by atoms with Gasteiger partial charge in [0.05, 0.1) is 18.6 Å². The summed E-state index contributed by atoms with van der Waals surface area (Å²) in [5.41, 5.74) is -2.66. The smallest absolute Gasteiger partial charge is 0.313 e. The molecule has 8 heteroatoms.